The molecule has 1 saturated heterocycles. The Morgan fingerprint density at radius 2 is 2.24 bits per heavy atom. The summed E-state index contributed by atoms with van der Waals surface area (Å²) in [5, 5.41) is 4.35. The van der Waals surface area contributed by atoms with Gasteiger partial charge in [0.15, 0.2) is 16.6 Å². The average Bonchev–Trinajstić information content (AvgIpc) is 2.69. The summed E-state index contributed by atoms with van der Waals surface area (Å²) in [7, 11) is 3.80. The lowest BCUT2D eigenvalue weighted by molar-refractivity contribution is 0.226. The first-order valence-corrected chi connectivity index (χ1v) is 6.69. The van der Waals surface area contributed by atoms with Crippen molar-refractivity contribution in [1.29, 1.82) is 0 Å². The Balaban J connectivity index is 1.85. The number of nitrogens with one attached hydrogen (secondary N) is 1. The Labute approximate surface area is 106 Å². The number of anilines is 2. The van der Waals surface area contributed by atoms with Crippen LogP contribution in [-0.4, -0.2) is 43.1 Å². The van der Waals surface area contributed by atoms with E-state index in [1.807, 2.05) is 0 Å². The van der Waals surface area contributed by atoms with Gasteiger partial charge in [0.05, 0.1) is 7.11 Å². The van der Waals surface area contributed by atoms with Crippen LogP contribution in [0.4, 0.5) is 10.8 Å². The van der Waals surface area contributed by atoms with E-state index >= 15 is 0 Å². The predicted octanol–water partition coefficient (Wildman–Crippen LogP) is 1.49. The van der Waals surface area contributed by atoms with Crippen LogP contribution in [0.2, 0.25) is 0 Å². The number of nitrogen functional groups attached to an aromatic ring is 1. The topological polar surface area (TPSA) is 63.4 Å². The van der Waals surface area contributed by atoms with Crippen molar-refractivity contribution in [3.05, 3.63) is 0 Å². The standard InChI is InChI=1S/C11H20N4OS/c1-15-5-3-8(4-6-15)7-13-11-9(16-2)10(12)14-17-11/h8,13H,3-7H2,1-2H3,(H2,12,14). The average molecular weight is 256 g/mol. The number of nitrogens with zero attached hydrogens (tertiary/aromatic N) is 2. The first-order chi connectivity index (χ1) is 8.20. The van der Waals surface area contributed by atoms with Crippen LogP contribution in [0.5, 0.6) is 5.75 Å². The van der Waals surface area contributed by atoms with Crippen molar-refractivity contribution < 1.29 is 4.74 Å². The summed E-state index contributed by atoms with van der Waals surface area (Å²) in [6, 6.07) is 0. The van der Waals surface area contributed by atoms with E-state index in [-0.39, 0.29) is 0 Å². The molecule has 0 radical (unpaired) electrons. The molecule has 0 unspecified atom stereocenters. The van der Waals surface area contributed by atoms with E-state index in [9.17, 15) is 0 Å². The van der Waals surface area contributed by atoms with Gasteiger partial charge in [-0.2, -0.15) is 4.37 Å². The lowest BCUT2D eigenvalue weighted by Gasteiger charge is -2.29. The van der Waals surface area contributed by atoms with Crippen molar-refractivity contribution >= 4 is 22.4 Å². The number of piperidine rings is 1. The van der Waals surface area contributed by atoms with E-state index in [1.54, 1.807) is 7.11 Å². The first kappa shape index (κ1) is 12.4. The van der Waals surface area contributed by atoms with Gasteiger partial charge in [-0.3, -0.25) is 0 Å². The molecule has 3 N–H and O–H groups in total. The molecule has 96 valence electrons. The lowest BCUT2D eigenvalue weighted by Crippen LogP contribution is -2.32. The quantitative estimate of drug-likeness (QED) is 0.854. The molecule has 17 heavy (non-hydrogen) atoms. The van der Waals surface area contributed by atoms with E-state index < -0.39 is 0 Å². The third-order valence-electron chi connectivity index (χ3n) is 3.27. The van der Waals surface area contributed by atoms with Crippen LogP contribution in [0, 0.1) is 5.92 Å². The number of rotatable bonds is 4. The fourth-order valence-electron chi connectivity index (χ4n) is 2.11. The number of ether oxygens (including phenoxy) is 1. The van der Waals surface area contributed by atoms with E-state index in [4.69, 9.17) is 10.5 Å². The summed E-state index contributed by atoms with van der Waals surface area (Å²) in [6.45, 7) is 3.36. The fraction of sp³-hybridized carbons (Fsp3) is 0.727. The minimum absolute atomic E-state index is 0.475. The molecule has 1 aromatic rings. The molecule has 1 aliphatic heterocycles. The molecule has 0 atom stereocenters. The Morgan fingerprint density at radius 1 is 1.53 bits per heavy atom. The molecule has 5 nitrogen and oxygen atoms in total. The van der Waals surface area contributed by atoms with Crippen molar-refractivity contribution in [3.8, 4) is 5.75 Å². The molecule has 0 spiro atoms. The number of nitrogens with two attached hydrogens (primary N) is 1. The Bertz CT molecular complexity index is 360. The van der Waals surface area contributed by atoms with Gasteiger partial charge in [-0.15, -0.1) is 0 Å². The molecule has 0 bridgehead atoms. The molecule has 0 amide bonds. The van der Waals surface area contributed by atoms with Crippen molar-refractivity contribution in [1.82, 2.24) is 9.27 Å². The summed E-state index contributed by atoms with van der Waals surface area (Å²) in [6.07, 6.45) is 2.50. The van der Waals surface area contributed by atoms with Gasteiger partial charge < -0.3 is 20.7 Å². The molecule has 1 fully saturated rings. The second kappa shape index (κ2) is 5.55. The van der Waals surface area contributed by atoms with Gasteiger partial charge in [0.2, 0.25) is 0 Å². The first-order valence-electron chi connectivity index (χ1n) is 5.92. The zero-order chi connectivity index (χ0) is 12.3. The number of likely N-dealkylation sites (tertiary alicyclic amines) is 1. The minimum Gasteiger partial charge on any atom is -0.490 e. The van der Waals surface area contributed by atoms with Crippen LogP contribution < -0.4 is 15.8 Å². The predicted molar refractivity (Wildman–Crippen MR) is 71.8 cm³/mol. The lowest BCUT2D eigenvalue weighted by atomic mass is 9.97. The van der Waals surface area contributed by atoms with Gasteiger partial charge in [-0.1, -0.05) is 0 Å². The summed E-state index contributed by atoms with van der Waals surface area (Å²) >= 11 is 1.37. The molecule has 0 saturated carbocycles. The van der Waals surface area contributed by atoms with Crippen molar-refractivity contribution in [3.63, 3.8) is 0 Å². The molecule has 2 rings (SSSR count). The second-order valence-electron chi connectivity index (χ2n) is 4.56. The molecular formula is C11H20N4OS. The van der Waals surface area contributed by atoms with Crippen LogP contribution in [0.15, 0.2) is 0 Å². The molecule has 6 heteroatoms. The highest BCUT2D eigenvalue weighted by molar-refractivity contribution is 7.11. The molecule has 1 aliphatic rings. The molecule has 0 aromatic carbocycles. The SMILES string of the molecule is COc1c(N)nsc1NCC1CCN(C)CC1. The largest absolute Gasteiger partial charge is 0.490 e. The zero-order valence-electron chi connectivity index (χ0n) is 10.4. The smallest absolute Gasteiger partial charge is 0.197 e. The van der Waals surface area contributed by atoms with Crippen molar-refractivity contribution in [2.45, 2.75) is 12.8 Å². The normalized spacial score (nSPS) is 18.2. The maximum atomic E-state index is 5.71. The summed E-state index contributed by atoms with van der Waals surface area (Å²) in [4.78, 5) is 2.38. The molecule has 2 heterocycles. The van der Waals surface area contributed by atoms with Gasteiger partial charge >= 0.3 is 0 Å². The van der Waals surface area contributed by atoms with Crippen LogP contribution >= 0.6 is 11.5 Å². The summed E-state index contributed by atoms with van der Waals surface area (Å²) < 4.78 is 9.31. The monoisotopic (exact) mass is 256 g/mol. The Kier molecular flexibility index (Phi) is 4.06. The zero-order valence-corrected chi connectivity index (χ0v) is 11.2. The van der Waals surface area contributed by atoms with E-state index in [2.05, 4.69) is 21.6 Å². The molecule has 1 aromatic heterocycles. The van der Waals surface area contributed by atoms with Crippen LogP contribution in [0.3, 0.4) is 0 Å². The van der Waals surface area contributed by atoms with Crippen molar-refractivity contribution in [2.24, 2.45) is 5.92 Å². The summed E-state index contributed by atoms with van der Waals surface area (Å²) in [5.74, 6) is 1.89. The molecular weight excluding hydrogens is 236 g/mol. The number of methoxy groups -OCH3 is 1. The fourth-order valence-corrected chi connectivity index (χ4v) is 2.80. The van der Waals surface area contributed by atoms with Crippen molar-refractivity contribution in [2.75, 3.05) is 44.8 Å². The highest BCUT2D eigenvalue weighted by Gasteiger charge is 2.18. The van der Waals surface area contributed by atoms with E-state index in [0.29, 0.717) is 11.6 Å². The highest BCUT2D eigenvalue weighted by atomic mass is 32.1. The van der Waals surface area contributed by atoms with Crippen LogP contribution in [0.1, 0.15) is 12.8 Å². The molecule has 0 aliphatic carbocycles. The van der Waals surface area contributed by atoms with E-state index in [0.717, 1.165) is 17.5 Å². The summed E-state index contributed by atoms with van der Waals surface area (Å²) in [5.41, 5.74) is 5.71. The third-order valence-corrected chi connectivity index (χ3v) is 4.07. The van der Waals surface area contributed by atoms with Crippen LogP contribution in [0.25, 0.3) is 0 Å². The van der Waals surface area contributed by atoms with Gasteiger partial charge in [-0.05, 0) is 50.4 Å². The second-order valence-corrected chi connectivity index (χ2v) is 5.33. The number of hydrogen-bond donors (Lipinski definition) is 2. The number of aromatic nitrogens is 1. The Hall–Kier alpha value is -1.01. The van der Waals surface area contributed by atoms with Gasteiger partial charge in [0.25, 0.3) is 0 Å². The maximum Gasteiger partial charge on any atom is 0.197 e. The Morgan fingerprint density at radius 3 is 2.88 bits per heavy atom. The third kappa shape index (κ3) is 3.01. The van der Waals surface area contributed by atoms with Gasteiger partial charge in [0.1, 0.15) is 0 Å². The van der Waals surface area contributed by atoms with Crippen LogP contribution in [-0.2, 0) is 0 Å². The number of hydrogen-bond acceptors (Lipinski definition) is 6. The maximum absolute atomic E-state index is 5.71. The van der Waals surface area contributed by atoms with Gasteiger partial charge in [-0.25, -0.2) is 0 Å². The van der Waals surface area contributed by atoms with Gasteiger partial charge in [0, 0.05) is 6.54 Å². The highest BCUT2D eigenvalue weighted by Crippen LogP contribution is 2.35. The van der Waals surface area contributed by atoms with E-state index in [1.165, 1.54) is 37.5 Å². The minimum atomic E-state index is 0.475.